The Balaban J connectivity index is 1.41. The fraction of sp³-hybridized carbons (Fsp3) is 0.0556. The van der Waals surface area contributed by atoms with Crippen molar-refractivity contribution in [2.45, 2.75) is 18.4 Å². The van der Waals surface area contributed by atoms with E-state index in [1.54, 1.807) is 48.8 Å². The molecule has 10 heteroatoms. The van der Waals surface area contributed by atoms with Gasteiger partial charge in [0.15, 0.2) is 5.65 Å². The first-order chi connectivity index (χ1) is 22.3. The van der Waals surface area contributed by atoms with Crippen molar-refractivity contribution in [2.24, 2.45) is 0 Å². The zero-order valence-corrected chi connectivity index (χ0v) is 25.4. The highest BCUT2D eigenvalue weighted by molar-refractivity contribution is 7.90. The number of hydrogen-bond donors (Lipinski definition) is 1. The van der Waals surface area contributed by atoms with Gasteiger partial charge in [-0.1, -0.05) is 54.1 Å². The van der Waals surface area contributed by atoms with E-state index >= 15 is 4.39 Å². The van der Waals surface area contributed by atoms with Gasteiger partial charge in [-0.05, 0) is 66.1 Å². The Morgan fingerprint density at radius 2 is 1.63 bits per heavy atom. The fourth-order valence-electron chi connectivity index (χ4n) is 5.46. The Labute approximate surface area is 264 Å². The van der Waals surface area contributed by atoms with Crippen molar-refractivity contribution in [1.29, 1.82) is 0 Å². The number of benzene rings is 3. The van der Waals surface area contributed by atoms with Gasteiger partial charge in [-0.2, -0.15) is 0 Å². The summed E-state index contributed by atoms with van der Waals surface area (Å²) < 4.78 is 44.7. The van der Waals surface area contributed by atoms with Gasteiger partial charge < -0.3 is 5.32 Å². The number of carbonyl (C=O) groups is 1. The van der Waals surface area contributed by atoms with Gasteiger partial charge in [0, 0.05) is 59.4 Å². The van der Waals surface area contributed by atoms with E-state index in [0.717, 1.165) is 20.7 Å². The molecule has 226 valence electrons. The van der Waals surface area contributed by atoms with Crippen molar-refractivity contribution in [2.75, 3.05) is 0 Å². The Kier molecular flexibility index (Phi) is 7.34. The van der Waals surface area contributed by atoms with Gasteiger partial charge >= 0.3 is 0 Å². The van der Waals surface area contributed by atoms with Gasteiger partial charge in [-0.25, -0.2) is 21.8 Å². The number of aromatic nitrogens is 4. The zero-order valence-electron chi connectivity index (χ0n) is 24.6. The standard InChI is InChI=1S/C36H26FN5O3S/c1-23-9-11-28(12-10-23)46(44,45)42-22-32(31-17-27(21-40-35(31)42)36(43)41-19-24-6-3-2-4-7-24)26-16-30-29(25-8-5-14-38-20-25)13-15-39-34(30)33(37)18-26/h2-18,20-22H,19H2,1H3,(H,41,43). The zero-order chi connectivity index (χ0) is 31.8. The molecule has 7 aromatic rings. The summed E-state index contributed by atoms with van der Waals surface area (Å²) >= 11 is 0. The molecule has 0 bridgehead atoms. The molecule has 0 spiro atoms. The number of nitrogens with one attached hydrogen (secondary N) is 1. The van der Waals surface area contributed by atoms with Gasteiger partial charge in [0.05, 0.1) is 10.5 Å². The molecule has 0 radical (unpaired) electrons. The van der Waals surface area contributed by atoms with Crippen LogP contribution < -0.4 is 5.32 Å². The molecule has 8 nitrogen and oxygen atoms in total. The number of fused-ring (bicyclic) bond motifs is 2. The average Bonchev–Trinajstić information content (AvgIpc) is 3.48. The van der Waals surface area contributed by atoms with Gasteiger partial charge in [-0.15, -0.1) is 0 Å². The number of hydrogen-bond acceptors (Lipinski definition) is 6. The predicted octanol–water partition coefficient (Wildman–Crippen LogP) is 6.93. The molecule has 7 rings (SSSR count). The Hall–Kier alpha value is -5.74. The van der Waals surface area contributed by atoms with Crippen molar-refractivity contribution >= 4 is 37.9 Å². The van der Waals surface area contributed by atoms with Crippen molar-refractivity contribution in [3.8, 4) is 22.3 Å². The summed E-state index contributed by atoms with van der Waals surface area (Å²) in [6.45, 7) is 2.17. The van der Waals surface area contributed by atoms with Gasteiger partial charge in [0.1, 0.15) is 11.3 Å². The van der Waals surface area contributed by atoms with Gasteiger partial charge in [0.2, 0.25) is 0 Å². The topological polar surface area (TPSA) is 107 Å². The van der Waals surface area contributed by atoms with Crippen molar-refractivity contribution < 1.29 is 17.6 Å². The normalized spacial score (nSPS) is 11.6. The van der Waals surface area contributed by atoms with E-state index in [4.69, 9.17) is 0 Å². The van der Waals surface area contributed by atoms with Crippen LogP contribution in [-0.4, -0.2) is 33.2 Å². The van der Waals surface area contributed by atoms with E-state index in [9.17, 15) is 13.2 Å². The maximum atomic E-state index is 15.8. The number of pyridine rings is 3. The summed E-state index contributed by atoms with van der Waals surface area (Å²) in [7, 11) is -4.11. The first-order valence-corrected chi connectivity index (χ1v) is 15.9. The summed E-state index contributed by atoms with van der Waals surface area (Å²) in [4.78, 5) is 26.3. The molecule has 0 aliphatic carbocycles. The summed E-state index contributed by atoms with van der Waals surface area (Å²) in [5.74, 6) is -0.962. The maximum Gasteiger partial charge on any atom is 0.269 e. The van der Waals surface area contributed by atoms with Crippen molar-refractivity contribution in [1.82, 2.24) is 24.2 Å². The molecule has 0 atom stereocenters. The SMILES string of the molecule is Cc1ccc(S(=O)(=O)n2cc(-c3cc(F)c4nccc(-c5cccnc5)c4c3)c3cc(C(=O)NCc4ccccc4)cnc32)cc1. The molecular formula is C36H26FN5O3S. The van der Waals surface area contributed by atoms with Crippen LogP contribution in [-0.2, 0) is 16.6 Å². The first-order valence-electron chi connectivity index (χ1n) is 14.4. The first kappa shape index (κ1) is 29.0. The lowest BCUT2D eigenvalue weighted by Crippen LogP contribution is -2.23. The summed E-state index contributed by atoms with van der Waals surface area (Å²) in [5, 5.41) is 3.78. The number of amides is 1. The van der Waals surface area contributed by atoms with Crippen LogP contribution in [0.4, 0.5) is 4.39 Å². The van der Waals surface area contributed by atoms with E-state index in [1.807, 2.05) is 43.3 Å². The second-order valence-electron chi connectivity index (χ2n) is 10.9. The molecule has 0 saturated heterocycles. The highest BCUT2D eigenvalue weighted by atomic mass is 32.2. The van der Waals surface area contributed by atoms with E-state index < -0.39 is 15.8 Å². The minimum Gasteiger partial charge on any atom is -0.348 e. The number of carbonyl (C=O) groups excluding carboxylic acids is 1. The summed E-state index contributed by atoms with van der Waals surface area (Å²) in [5.41, 5.74) is 4.61. The molecule has 0 aliphatic rings. The third-order valence-corrected chi connectivity index (χ3v) is 9.49. The minimum atomic E-state index is -4.11. The molecule has 0 fully saturated rings. The molecule has 0 aliphatic heterocycles. The lowest BCUT2D eigenvalue weighted by molar-refractivity contribution is 0.0950. The molecule has 3 aromatic carbocycles. The van der Waals surface area contributed by atoms with Gasteiger partial charge in [0.25, 0.3) is 15.9 Å². The highest BCUT2D eigenvalue weighted by Gasteiger charge is 2.25. The maximum absolute atomic E-state index is 15.8. The molecule has 46 heavy (non-hydrogen) atoms. The predicted molar refractivity (Wildman–Crippen MR) is 175 cm³/mol. The minimum absolute atomic E-state index is 0.0702. The average molecular weight is 628 g/mol. The van der Waals surface area contributed by atoms with Crippen LogP contribution in [0.5, 0.6) is 0 Å². The van der Waals surface area contributed by atoms with Crippen LogP contribution >= 0.6 is 0 Å². The number of aryl methyl sites for hydroxylation is 1. The third kappa shape index (κ3) is 5.28. The van der Waals surface area contributed by atoms with Crippen molar-refractivity contribution in [3.05, 3.63) is 144 Å². The number of halogens is 1. The molecule has 1 amide bonds. The largest absolute Gasteiger partial charge is 0.348 e. The van der Waals surface area contributed by atoms with Crippen LogP contribution in [0, 0.1) is 12.7 Å². The molecule has 0 saturated carbocycles. The number of rotatable bonds is 7. The smallest absolute Gasteiger partial charge is 0.269 e. The second-order valence-corrected chi connectivity index (χ2v) is 12.7. The molecule has 0 unspecified atom stereocenters. The van der Waals surface area contributed by atoms with E-state index in [1.165, 1.54) is 36.8 Å². The quantitative estimate of drug-likeness (QED) is 0.206. The monoisotopic (exact) mass is 627 g/mol. The third-order valence-electron chi connectivity index (χ3n) is 7.83. The lowest BCUT2D eigenvalue weighted by atomic mass is 9.97. The molecule has 1 N–H and O–H groups in total. The van der Waals surface area contributed by atoms with E-state index in [-0.39, 0.29) is 27.5 Å². The van der Waals surface area contributed by atoms with E-state index in [0.29, 0.717) is 34.0 Å². The Morgan fingerprint density at radius 3 is 2.39 bits per heavy atom. The van der Waals surface area contributed by atoms with Crippen LogP contribution in [0.15, 0.2) is 127 Å². The lowest BCUT2D eigenvalue weighted by Gasteiger charge is -2.10. The summed E-state index contributed by atoms with van der Waals surface area (Å²) in [6, 6.07) is 26.1. The second kappa shape index (κ2) is 11.6. The number of nitrogens with zero attached hydrogens (tertiary/aromatic N) is 4. The Morgan fingerprint density at radius 1 is 0.826 bits per heavy atom. The molecule has 4 aromatic heterocycles. The summed E-state index contributed by atoms with van der Waals surface area (Å²) in [6.07, 6.45) is 7.66. The van der Waals surface area contributed by atoms with Crippen LogP contribution in [0.25, 0.3) is 44.2 Å². The molecule has 4 heterocycles. The fourth-order valence-corrected chi connectivity index (χ4v) is 6.79. The van der Waals surface area contributed by atoms with Crippen molar-refractivity contribution in [3.63, 3.8) is 0 Å². The van der Waals surface area contributed by atoms with Crippen LogP contribution in [0.3, 0.4) is 0 Å². The van der Waals surface area contributed by atoms with Crippen LogP contribution in [0.1, 0.15) is 21.5 Å². The van der Waals surface area contributed by atoms with E-state index in [2.05, 4.69) is 20.3 Å². The Bertz CT molecular complexity index is 2360. The highest BCUT2D eigenvalue weighted by Crippen LogP contribution is 2.37. The van der Waals surface area contributed by atoms with Gasteiger partial charge in [-0.3, -0.25) is 14.8 Å². The molecular weight excluding hydrogens is 601 g/mol. The van der Waals surface area contributed by atoms with Crippen LogP contribution in [0.2, 0.25) is 0 Å².